The quantitative estimate of drug-likeness (QED) is 0.139. The van der Waals surface area contributed by atoms with Gasteiger partial charge in [0.25, 0.3) is 0 Å². The fourth-order valence-electron chi connectivity index (χ4n) is 4.49. The van der Waals surface area contributed by atoms with Gasteiger partial charge < -0.3 is 8.99 Å². The highest BCUT2D eigenvalue weighted by Crippen LogP contribution is 2.37. The molecule has 3 aromatic heterocycles. The highest BCUT2D eigenvalue weighted by molar-refractivity contribution is 6.74. The molecular weight excluding hydrogens is 559 g/mol. The van der Waals surface area contributed by atoms with Crippen molar-refractivity contribution in [2.75, 3.05) is 6.61 Å². The van der Waals surface area contributed by atoms with Crippen molar-refractivity contribution in [1.29, 1.82) is 0 Å². The number of ketones is 2. The Hall–Kier alpha value is -3.63. The SMILES string of the molecule is CC(CO[Si](C)(C)C(C)(C)C)n1cc(C(=O)c2cc(CC(=O)Cc3cccc(C(F)(F)F)c3)ccn2)c2cnccc21. The third-order valence-electron chi connectivity index (χ3n) is 7.96. The molecule has 0 fully saturated rings. The minimum absolute atomic E-state index is 0.0375. The standard InChI is InChI=1S/C32H36F3N3O3Si/c1-21(20-41-42(5,6)31(2,3)4)38-19-27(26-18-36-12-11-29(26)38)30(40)28-17-23(10-13-37-28)16-25(39)15-22-8-7-9-24(14-22)32(33,34)35/h7-14,17-19,21H,15-16,20H2,1-6H3. The van der Waals surface area contributed by atoms with E-state index in [1.807, 2.05) is 16.8 Å². The van der Waals surface area contributed by atoms with Crippen LogP contribution in [0.5, 0.6) is 0 Å². The first-order chi connectivity index (χ1) is 19.6. The molecule has 0 N–H and O–H groups in total. The van der Waals surface area contributed by atoms with Gasteiger partial charge in [-0.25, -0.2) is 0 Å². The van der Waals surface area contributed by atoms with Crippen LogP contribution in [0.3, 0.4) is 0 Å². The van der Waals surface area contributed by atoms with Crippen molar-refractivity contribution < 1.29 is 27.2 Å². The first-order valence-electron chi connectivity index (χ1n) is 13.8. The Kier molecular flexibility index (Phi) is 8.89. The molecule has 4 aromatic rings. The zero-order valence-corrected chi connectivity index (χ0v) is 25.7. The number of hydrogen-bond acceptors (Lipinski definition) is 5. The van der Waals surface area contributed by atoms with Crippen LogP contribution in [0.2, 0.25) is 18.1 Å². The summed E-state index contributed by atoms with van der Waals surface area (Å²) in [5, 5.41) is 0.760. The van der Waals surface area contributed by atoms with E-state index >= 15 is 0 Å². The van der Waals surface area contributed by atoms with E-state index in [9.17, 15) is 22.8 Å². The minimum atomic E-state index is -4.48. The molecule has 0 radical (unpaired) electrons. The summed E-state index contributed by atoms with van der Waals surface area (Å²) in [6.45, 7) is 13.5. The largest absolute Gasteiger partial charge is 0.416 e. The van der Waals surface area contributed by atoms with Crippen molar-refractivity contribution in [2.45, 2.75) is 70.9 Å². The summed E-state index contributed by atoms with van der Waals surface area (Å²) in [6, 6.07) is 9.77. The lowest BCUT2D eigenvalue weighted by molar-refractivity contribution is -0.137. The van der Waals surface area contributed by atoms with Crippen molar-refractivity contribution in [3.05, 3.63) is 95.2 Å². The summed E-state index contributed by atoms with van der Waals surface area (Å²) >= 11 is 0. The molecule has 0 amide bonds. The van der Waals surface area contributed by atoms with E-state index in [0.717, 1.165) is 17.6 Å². The Morgan fingerprint density at radius 3 is 2.36 bits per heavy atom. The number of aromatic nitrogens is 3. The number of nitrogens with zero attached hydrogens (tertiary/aromatic N) is 3. The zero-order valence-electron chi connectivity index (χ0n) is 24.7. The summed E-state index contributed by atoms with van der Waals surface area (Å²) < 4.78 is 47.6. The molecule has 42 heavy (non-hydrogen) atoms. The van der Waals surface area contributed by atoms with Crippen molar-refractivity contribution in [3.63, 3.8) is 0 Å². The van der Waals surface area contributed by atoms with Gasteiger partial charge in [0.15, 0.2) is 8.32 Å². The van der Waals surface area contributed by atoms with Gasteiger partial charge in [-0.3, -0.25) is 19.6 Å². The third-order valence-corrected chi connectivity index (χ3v) is 12.5. The monoisotopic (exact) mass is 595 g/mol. The van der Waals surface area contributed by atoms with Crippen LogP contribution >= 0.6 is 0 Å². The van der Waals surface area contributed by atoms with Gasteiger partial charge >= 0.3 is 6.18 Å². The van der Waals surface area contributed by atoms with E-state index < -0.39 is 20.1 Å². The van der Waals surface area contributed by atoms with Gasteiger partial charge in [-0.2, -0.15) is 13.2 Å². The van der Waals surface area contributed by atoms with Crippen LogP contribution in [0, 0.1) is 0 Å². The molecule has 1 unspecified atom stereocenters. The fourth-order valence-corrected chi connectivity index (χ4v) is 5.58. The van der Waals surface area contributed by atoms with E-state index in [4.69, 9.17) is 4.43 Å². The lowest BCUT2D eigenvalue weighted by Gasteiger charge is -2.37. The van der Waals surface area contributed by atoms with Crippen molar-refractivity contribution in [1.82, 2.24) is 14.5 Å². The molecule has 0 aliphatic carbocycles. The van der Waals surface area contributed by atoms with E-state index in [1.54, 1.807) is 24.5 Å². The number of carbonyl (C=O) groups is 2. The summed E-state index contributed by atoms with van der Waals surface area (Å²) in [7, 11) is -1.97. The first-order valence-corrected chi connectivity index (χ1v) is 16.7. The van der Waals surface area contributed by atoms with Crippen LogP contribution in [0.4, 0.5) is 13.2 Å². The molecule has 10 heteroatoms. The molecule has 1 aromatic carbocycles. The van der Waals surface area contributed by atoms with E-state index in [-0.39, 0.29) is 46.7 Å². The molecular formula is C32H36F3N3O3Si. The number of halogens is 3. The van der Waals surface area contributed by atoms with Crippen LogP contribution in [0.1, 0.15) is 66.5 Å². The van der Waals surface area contributed by atoms with E-state index in [2.05, 4.69) is 50.8 Å². The smallest absolute Gasteiger partial charge is 0.415 e. The number of fused-ring (bicyclic) bond motifs is 1. The molecule has 6 nitrogen and oxygen atoms in total. The lowest BCUT2D eigenvalue weighted by Crippen LogP contribution is -2.41. The predicted octanol–water partition coefficient (Wildman–Crippen LogP) is 7.62. The van der Waals surface area contributed by atoms with Crippen LogP contribution in [0.15, 0.2) is 67.3 Å². The lowest BCUT2D eigenvalue weighted by atomic mass is 10.00. The predicted molar refractivity (Wildman–Crippen MR) is 159 cm³/mol. The van der Waals surface area contributed by atoms with Crippen molar-refractivity contribution in [3.8, 4) is 0 Å². The van der Waals surface area contributed by atoms with Crippen molar-refractivity contribution in [2.24, 2.45) is 0 Å². The van der Waals surface area contributed by atoms with Gasteiger partial charge in [0.2, 0.25) is 5.78 Å². The van der Waals surface area contributed by atoms with Crippen LogP contribution in [-0.2, 0) is 28.2 Å². The second-order valence-corrected chi connectivity index (χ2v) is 17.0. The van der Waals surface area contributed by atoms with E-state index in [1.165, 1.54) is 18.3 Å². The summed E-state index contributed by atoms with van der Waals surface area (Å²) in [5.74, 6) is -0.577. The Morgan fingerprint density at radius 2 is 1.69 bits per heavy atom. The summed E-state index contributed by atoms with van der Waals surface area (Å²) in [4.78, 5) is 34.9. The Morgan fingerprint density at radius 1 is 1.00 bits per heavy atom. The van der Waals surface area contributed by atoms with Gasteiger partial charge in [-0.15, -0.1) is 0 Å². The van der Waals surface area contributed by atoms with Crippen LogP contribution < -0.4 is 0 Å². The topological polar surface area (TPSA) is 74.1 Å². The second-order valence-electron chi connectivity index (χ2n) is 12.2. The number of benzene rings is 1. The number of rotatable bonds is 10. The van der Waals surface area contributed by atoms with Gasteiger partial charge in [-0.1, -0.05) is 39.0 Å². The zero-order chi connectivity index (χ0) is 30.9. The average Bonchev–Trinajstić information content (AvgIpc) is 3.30. The number of carbonyl (C=O) groups excluding carboxylic acids is 2. The molecule has 0 aliphatic heterocycles. The number of Topliss-reactive ketones (excluding diaryl/α,β-unsaturated/α-hetero) is 1. The fraction of sp³-hybridized carbons (Fsp3) is 0.375. The maximum atomic E-state index is 13.7. The number of alkyl halides is 3. The molecule has 222 valence electrons. The number of pyridine rings is 2. The maximum absolute atomic E-state index is 13.7. The van der Waals surface area contributed by atoms with E-state index in [0.29, 0.717) is 23.1 Å². The van der Waals surface area contributed by atoms with Crippen LogP contribution in [-0.4, -0.2) is 41.0 Å². The summed E-state index contributed by atoms with van der Waals surface area (Å²) in [6.07, 6.45) is 1.95. The highest BCUT2D eigenvalue weighted by atomic mass is 28.4. The van der Waals surface area contributed by atoms with Gasteiger partial charge in [-0.05, 0) is 60.4 Å². The highest BCUT2D eigenvalue weighted by Gasteiger charge is 2.37. The van der Waals surface area contributed by atoms with Gasteiger partial charge in [0.05, 0.1) is 29.3 Å². The average molecular weight is 596 g/mol. The molecule has 0 saturated carbocycles. The Balaban J connectivity index is 1.53. The third kappa shape index (κ3) is 7.04. The number of hydrogen-bond donors (Lipinski definition) is 0. The molecule has 0 bridgehead atoms. The first kappa shape index (κ1) is 31.3. The Bertz CT molecular complexity index is 1610. The van der Waals surface area contributed by atoms with Crippen LogP contribution in [0.25, 0.3) is 10.9 Å². The summed E-state index contributed by atoms with van der Waals surface area (Å²) in [5.41, 5.74) is 1.52. The molecule has 1 atom stereocenters. The van der Waals surface area contributed by atoms with Crippen molar-refractivity contribution >= 4 is 30.8 Å². The van der Waals surface area contributed by atoms with Gasteiger partial charge in [0, 0.05) is 43.0 Å². The molecule has 4 rings (SSSR count). The maximum Gasteiger partial charge on any atom is 0.416 e. The molecule has 0 spiro atoms. The molecule has 0 aliphatic rings. The van der Waals surface area contributed by atoms with Gasteiger partial charge in [0.1, 0.15) is 11.5 Å². The Labute approximate surface area is 245 Å². The second kappa shape index (κ2) is 11.9. The normalized spacial score (nSPS) is 13.4. The minimum Gasteiger partial charge on any atom is -0.415 e. The molecule has 0 saturated heterocycles. The molecule has 3 heterocycles.